The van der Waals surface area contributed by atoms with E-state index in [1.807, 2.05) is 0 Å². The molecule has 2 nitrogen and oxygen atoms in total. The minimum atomic E-state index is 0. The molecule has 3 heteroatoms. The molecule has 0 aliphatic rings. The van der Waals surface area contributed by atoms with Crippen molar-refractivity contribution in [1.82, 2.24) is 0 Å². The summed E-state index contributed by atoms with van der Waals surface area (Å²) in [6.07, 6.45) is 4.11. The van der Waals surface area contributed by atoms with E-state index < -0.39 is 0 Å². The fourth-order valence-electron chi connectivity index (χ4n) is 0.948. The van der Waals surface area contributed by atoms with Gasteiger partial charge in [-0.25, -0.2) is 0 Å². The van der Waals surface area contributed by atoms with E-state index in [-0.39, 0.29) is 22.5 Å². The maximum atomic E-state index is 2.30. The van der Waals surface area contributed by atoms with Gasteiger partial charge in [-0.3, -0.25) is 0 Å². The molecule has 0 unspecified atom stereocenters. The van der Waals surface area contributed by atoms with Crippen LogP contribution >= 0.6 is 0 Å². The largest absolute Gasteiger partial charge is 1.00 e. The van der Waals surface area contributed by atoms with Crippen LogP contribution in [0.5, 0.6) is 0 Å². The van der Waals surface area contributed by atoms with Crippen LogP contribution in [0, 0.1) is 0 Å². The van der Waals surface area contributed by atoms with Gasteiger partial charge in [0.1, 0.15) is 0 Å². The van der Waals surface area contributed by atoms with Crippen molar-refractivity contribution in [3.05, 3.63) is 0 Å². The highest BCUT2D eigenvalue weighted by atomic mass is 79.9. The monoisotopic (exact) mass is 241 g/mol. The molecule has 0 spiro atoms. The lowest BCUT2D eigenvalue weighted by atomic mass is 10.2. The van der Waals surface area contributed by atoms with E-state index in [9.17, 15) is 0 Å². The fourth-order valence-corrected chi connectivity index (χ4v) is 0.948. The van der Waals surface area contributed by atoms with Crippen LogP contribution in [0.3, 0.4) is 0 Å². The Bertz CT molecular complexity index is 86.6. The molecule has 0 saturated heterocycles. The van der Waals surface area contributed by atoms with Crippen molar-refractivity contribution in [1.29, 1.82) is 0 Å². The minimum Gasteiger partial charge on any atom is -1.00 e. The van der Waals surface area contributed by atoms with Gasteiger partial charge in [-0.05, 0) is 19.8 Å². The van der Waals surface area contributed by atoms with Crippen LogP contribution in [0.1, 0.15) is 33.1 Å². The van der Waals surface area contributed by atoms with E-state index in [2.05, 4.69) is 27.9 Å². The van der Waals surface area contributed by atoms with Crippen molar-refractivity contribution in [2.45, 2.75) is 33.1 Å². The predicted molar refractivity (Wildman–Crippen MR) is 50.7 cm³/mol. The van der Waals surface area contributed by atoms with Crippen LogP contribution < -0.4 is 17.0 Å². The normalized spacial score (nSPS) is 10.0. The van der Waals surface area contributed by atoms with E-state index in [4.69, 9.17) is 0 Å². The second-order valence-corrected chi connectivity index (χ2v) is 3.68. The van der Waals surface area contributed by atoms with Crippen LogP contribution in [-0.2, 0) is 0 Å². The zero-order chi connectivity index (χ0) is 8.04. The molecule has 0 rings (SSSR count). The minimum absolute atomic E-state index is 0. The topological polar surface area (TPSA) is 31.5 Å². The van der Waals surface area contributed by atoms with Gasteiger partial charge >= 0.3 is 0 Å². The molecular weight excluding hydrogens is 218 g/mol. The summed E-state index contributed by atoms with van der Waals surface area (Å²) in [7, 11) is 4.60. The third-order valence-electron chi connectivity index (χ3n) is 2.22. The van der Waals surface area contributed by atoms with Gasteiger partial charge in [0.05, 0.1) is 27.2 Å². The van der Waals surface area contributed by atoms with Crippen LogP contribution in [-0.4, -0.2) is 37.1 Å². The van der Waals surface area contributed by atoms with Crippen molar-refractivity contribution in [3.63, 3.8) is 0 Å². The maximum absolute atomic E-state index is 2.30. The SMILES string of the molecule is CCCCC[N+](C)(C)CC.O.[Br-]. The average molecular weight is 242 g/mol. The van der Waals surface area contributed by atoms with E-state index in [0.29, 0.717) is 0 Å². The second-order valence-electron chi connectivity index (χ2n) is 3.68. The standard InChI is InChI=1S/C9H22N.BrH.H2O/c1-5-7-8-9-10(3,4)6-2;;/h5-9H2,1-4H3;1H;1H2/q+1;;/p-1. The number of halogens is 1. The average Bonchev–Trinajstić information content (AvgIpc) is 1.89. The summed E-state index contributed by atoms with van der Waals surface area (Å²) in [6.45, 7) is 7.10. The third kappa shape index (κ3) is 10.4. The molecule has 0 amide bonds. The van der Waals surface area contributed by atoms with Gasteiger partial charge in [0.2, 0.25) is 0 Å². The number of hydrogen-bond acceptors (Lipinski definition) is 0. The van der Waals surface area contributed by atoms with Gasteiger partial charge in [-0.1, -0.05) is 13.3 Å². The molecule has 0 aromatic carbocycles. The Morgan fingerprint density at radius 1 is 1.00 bits per heavy atom. The summed E-state index contributed by atoms with van der Waals surface area (Å²) < 4.78 is 1.18. The number of nitrogens with zero attached hydrogens (tertiary/aromatic N) is 1. The number of quaternary nitrogens is 1. The first-order chi connectivity index (χ1) is 4.62. The molecule has 0 aliphatic heterocycles. The number of rotatable bonds is 5. The molecule has 2 N–H and O–H groups in total. The van der Waals surface area contributed by atoms with Gasteiger partial charge < -0.3 is 26.9 Å². The van der Waals surface area contributed by atoms with Crippen LogP contribution in [0.4, 0.5) is 0 Å². The van der Waals surface area contributed by atoms with E-state index >= 15 is 0 Å². The molecule has 0 aromatic rings. The zero-order valence-corrected chi connectivity index (χ0v) is 10.4. The quantitative estimate of drug-likeness (QED) is 0.413. The maximum Gasteiger partial charge on any atom is 0.0782 e. The first kappa shape index (κ1) is 18.2. The second kappa shape index (κ2) is 9.49. The summed E-state index contributed by atoms with van der Waals surface area (Å²) in [5.74, 6) is 0. The van der Waals surface area contributed by atoms with Gasteiger partial charge in [-0.2, -0.15) is 0 Å². The molecule has 0 heterocycles. The fraction of sp³-hybridized carbons (Fsp3) is 1.00. The lowest BCUT2D eigenvalue weighted by molar-refractivity contribution is -0.888. The predicted octanol–water partition coefficient (Wildman–Crippen LogP) is -1.55. The Morgan fingerprint density at radius 2 is 1.50 bits per heavy atom. The highest BCUT2D eigenvalue weighted by molar-refractivity contribution is 4.36. The molecule has 0 radical (unpaired) electrons. The van der Waals surface area contributed by atoms with Crippen LogP contribution in [0.2, 0.25) is 0 Å². The summed E-state index contributed by atoms with van der Waals surface area (Å²) in [5, 5.41) is 0. The van der Waals surface area contributed by atoms with E-state index in [1.54, 1.807) is 0 Å². The van der Waals surface area contributed by atoms with E-state index in [1.165, 1.54) is 36.8 Å². The smallest absolute Gasteiger partial charge is 0.0782 e. The van der Waals surface area contributed by atoms with Gasteiger partial charge in [0.15, 0.2) is 0 Å². The van der Waals surface area contributed by atoms with Crippen molar-refractivity contribution in [2.24, 2.45) is 0 Å². The Kier molecular flexibility index (Phi) is 14.4. The van der Waals surface area contributed by atoms with Crippen LogP contribution in [0.15, 0.2) is 0 Å². The number of hydrogen-bond donors (Lipinski definition) is 0. The van der Waals surface area contributed by atoms with Gasteiger partial charge in [-0.15, -0.1) is 0 Å². The summed E-state index contributed by atoms with van der Waals surface area (Å²) in [5.41, 5.74) is 0. The van der Waals surface area contributed by atoms with Crippen molar-refractivity contribution in [3.8, 4) is 0 Å². The van der Waals surface area contributed by atoms with Gasteiger partial charge in [0.25, 0.3) is 0 Å². The Labute approximate surface area is 87.6 Å². The Morgan fingerprint density at radius 3 is 1.83 bits per heavy atom. The highest BCUT2D eigenvalue weighted by Gasteiger charge is 2.09. The third-order valence-corrected chi connectivity index (χ3v) is 2.22. The lowest BCUT2D eigenvalue weighted by Crippen LogP contribution is -3.00. The molecule has 0 aromatic heterocycles. The zero-order valence-electron chi connectivity index (χ0n) is 8.86. The molecule has 0 bridgehead atoms. The Hall–Kier alpha value is 0.400. The molecule has 0 aliphatic carbocycles. The van der Waals surface area contributed by atoms with Crippen molar-refractivity contribution >= 4 is 0 Å². The molecule has 0 saturated carbocycles. The first-order valence-corrected chi connectivity index (χ1v) is 4.44. The molecular formula is C9H24BrNO. The van der Waals surface area contributed by atoms with E-state index in [0.717, 1.165) is 0 Å². The van der Waals surface area contributed by atoms with Crippen molar-refractivity contribution in [2.75, 3.05) is 27.2 Å². The number of unbranched alkanes of at least 4 members (excludes halogenated alkanes) is 2. The molecule has 12 heavy (non-hydrogen) atoms. The lowest BCUT2D eigenvalue weighted by Gasteiger charge is -2.27. The summed E-state index contributed by atoms with van der Waals surface area (Å²) >= 11 is 0. The highest BCUT2D eigenvalue weighted by Crippen LogP contribution is 2.02. The summed E-state index contributed by atoms with van der Waals surface area (Å²) in [4.78, 5) is 0. The summed E-state index contributed by atoms with van der Waals surface area (Å²) in [6, 6.07) is 0. The Balaban J connectivity index is -0.000000405. The first-order valence-electron chi connectivity index (χ1n) is 4.44. The molecule has 0 atom stereocenters. The van der Waals surface area contributed by atoms with Crippen molar-refractivity contribution < 1.29 is 26.9 Å². The van der Waals surface area contributed by atoms with Gasteiger partial charge in [0, 0.05) is 0 Å². The van der Waals surface area contributed by atoms with Crippen LogP contribution in [0.25, 0.3) is 0 Å². The molecule has 78 valence electrons. The molecule has 0 fully saturated rings.